The van der Waals surface area contributed by atoms with E-state index in [2.05, 4.69) is 12.2 Å². The first kappa shape index (κ1) is 16.7. The van der Waals surface area contributed by atoms with E-state index >= 15 is 0 Å². The van der Waals surface area contributed by atoms with E-state index in [1.165, 1.54) is 0 Å². The van der Waals surface area contributed by atoms with Gasteiger partial charge in [-0.05, 0) is 37.6 Å². The Labute approximate surface area is 114 Å². The van der Waals surface area contributed by atoms with Gasteiger partial charge in [0.2, 0.25) is 5.91 Å². The Morgan fingerprint density at radius 3 is 2.50 bits per heavy atom. The lowest BCUT2D eigenvalue weighted by molar-refractivity contribution is -0.116. The largest absolute Gasteiger partial charge is 0.491 e. The summed E-state index contributed by atoms with van der Waals surface area (Å²) < 4.78 is 5.64. The molecule has 0 bridgehead atoms. The molecule has 0 radical (unpaired) electrons. The van der Waals surface area contributed by atoms with Crippen LogP contribution < -0.4 is 15.8 Å². The molecule has 0 saturated heterocycles. The van der Waals surface area contributed by atoms with Gasteiger partial charge < -0.3 is 15.8 Å². The molecular formula is C13H21ClN2O2. The maximum atomic E-state index is 11.3. The third kappa shape index (κ3) is 5.89. The molecule has 5 heteroatoms. The summed E-state index contributed by atoms with van der Waals surface area (Å²) in [5.41, 5.74) is 6.06. The highest BCUT2D eigenvalue weighted by Gasteiger charge is 2.03. The quantitative estimate of drug-likeness (QED) is 0.837. The molecule has 0 aliphatic rings. The topological polar surface area (TPSA) is 64.3 Å². The van der Waals surface area contributed by atoms with Crippen molar-refractivity contribution < 1.29 is 9.53 Å². The van der Waals surface area contributed by atoms with Gasteiger partial charge in [-0.1, -0.05) is 6.92 Å². The normalized spacial score (nSPS) is 11.3. The average Bonchev–Trinajstić information content (AvgIpc) is 2.32. The van der Waals surface area contributed by atoms with Gasteiger partial charge >= 0.3 is 0 Å². The minimum absolute atomic E-state index is 0. The Morgan fingerprint density at radius 1 is 1.39 bits per heavy atom. The van der Waals surface area contributed by atoms with E-state index in [1.54, 1.807) is 0 Å². The summed E-state index contributed by atoms with van der Waals surface area (Å²) in [6.07, 6.45) is 1.51. The molecule has 0 saturated carbocycles. The molecule has 1 aromatic rings. The SMILES string of the molecule is CCC(C)Oc1ccc(NC(=O)CCN)cc1.Cl. The van der Waals surface area contributed by atoms with E-state index in [0.717, 1.165) is 17.9 Å². The first-order valence-corrected chi connectivity index (χ1v) is 5.92. The number of hydrogen-bond acceptors (Lipinski definition) is 3. The summed E-state index contributed by atoms with van der Waals surface area (Å²) in [7, 11) is 0. The predicted octanol–water partition coefficient (Wildman–Crippen LogP) is 2.57. The van der Waals surface area contributed by atoms with Crippen molar-refractivity contribution in [1.29, 1.82) is 0 Å². The third-order valence-corrected chi connectivity index (χ3v) is 2.42. The second-order valence-corrected chi connectivity index (χ2v) is 3.95. The molecule has 1 aromatic carbocycles. The van der Waals surface area contributed by atoms with E-state index in [9.17, 15) is 4.79 Å². The summed E-state index contributed by atoms with van der Waals surface area (Å²) >= 11 is 0. The van der Waals surface area contributed by atoms with Crippen LogP contribution in [0, 0.1) is 0 Å². The summed E-state index contributed by atoms with van der Waals surface area (Å²) in [6, 6.07) is 7.35. The number of hydrogen-bond donors (Lipinski definition) is 2. The van der Waals surface area contributed by atoms with Crippen LogP contribution in [0.25, 0.3) is 0 Å². The Kier molecular flexibility index (Phi) is 8.16. The van der Waals surface area contributed by atoms with Crippen LogP contribution in [-0.4, -0.2) is 18.6 Å². The van der Waals surface area contributed by atoms with Gasteiger partial charge in [-0.15, -0.1) is 12.4 Å². The molecule has 1 atom stereocenters. The Balaban J connectivity index is 0.00000289. The van der Waals surface area contributed by atoms with Crippen LogP contribution in [0.3, 0.4) is 0 Å². The lowest BCUT2D eigenvalue weighted by Gasteiger charge is -2.13. The van der Waals surface area contributed by atoms with Crippen molar-refractivity contribution >= 4 is 24.0 Å². The van der Waals surface area contributed by atoms with Crippen molar-refractivity contribution in [2.75, 3.05) is 11.9 Å². The molecule has 0 aromatic heterocycles. The summed E-state index contributed by atoms with van der Waals surface area (Å²) in [4.78, 5) is 11.3. The van der Waals surface area contributed by atoms with Crippen LogP contribution in [0.4, 0.5) is 5.69 Å². The zero-order valence-corrected chi connectivity index (χ0v) is 11.6. The molecule has 3 N–H and O–H groups in total. The summed E-state index contributed by atoms with van der Waals surface area (Å²) in [5, 5.41) is 2.76. The molecule has 0 aliphatic carbocycles. The number of halogens is 1. The Morgan fingerprint density at radius 2 is 2.00 bits per heavy atom. The van der Waals surface area contributed by atoms with Crippen LogP contribution in [0.15, 0.2) is 24.3 Å². The van der Waals surface area contributed by atoms with Gasteiger partial charge in [-0.2, -0.15) is 0 Å². The summed E-state index contributed by atoms with van der Waals surface area (Å²) in [6.45, 7) is 4.46. The van der Waals surface area contributed by atoms with Gasteiger partial charge in [0.25, 0.3) is 0 Å². The second-order valence-electron chi connectivity index (χ2n) is 3.95. The monoisotopic (exact) mass is 272 g/mol. The predicted molar refractivity (Wildman–Crippen MR) is 76.4 cm³/mol. The lowest BCUT2D eigenvalue weighted by Crippen LogP contribution is -2.16. The van der Waals surface area contributed by atoms with E-state index < -0.39 is 0 Å². The standard InChI is InChI=1S/C13H20N2O2.ClH/c1-3-10(2)17-12-6-4-11(5-7-12)15-13(16)8-9-14;/h4-7,10H,3,8-9,14H2,1-2H3,(H,15,16);1H. The molecule has 18 heavy (non-hydrogen) atoms. The smallest absolute Gasteiger partial charge is 0.225 e. The molecule has 4 nitrogen and oxygen atoms in total. The molecule has 1 amide bonds. The van der Waals surface area contributed by atoms with Gasteiger partial charge in [0.15, 0.2) is 0 Å². The van der Waals surface area contributed by atoms with Crippen molar-refractivity contribution in [3.63, 3.8) is 0 Å². The fraction of sp³-hybridized carbons (Fsp3) is 0.462. The van der Waals surface area contributed by atoms with E-state index in [-0.39, 0.29) is 24.4 Å². The molecule has 0 aliphatic heterocycles. The molecular weight excluding hydrogens is 252 g/mol. The van der Waals surface area contributed by atoms with Gasteiger partial charge in [0, 0.05) is 18.7 Å². The lowest BCUT2D eigenvalue weighted by atomic mass is 10.2. The van der Waals surface area contributed by atoms with Crippen molar-refractivity contribution in [3.05, 3.63) is 24.3 Å². The zero-order chi connectivity index (χ0) is 12.7. The number of benzene rings is 1. The molecule has 1 rings (SSSR count). The third-order valence-electron chi connectivity index (χ3n) is 2.42. The summed E-state index contributed by atoms with van der Waals surface area (Å²) in [5.74, 6) is 0.749. The first-order valence-electron chi connectivity index (χ1n) is 5.92. The fourth-order valence-electron chi connectivity index (χ4n) is 1.29. The molecule has 0 heterocycles. The van der Waals surface area contributed by atoms with Crippen LogP contribution in [0.2, 0.25) is 0 Å². The van der Waals surface area contributed by atoms with Crippen LogP contribution in [0.1, 0.15) is 26.7 Å². The number of nitrogens with one attached hydrogen (secondary N) is 1. The van der Waals surface area contributed by atoms with Crippen molar-refractivity contribution in [2.45, 2.75) is 32.8 Å². The van der Waals surface area contributed by atoms with E-state index in [1.807, 2.05) is 31.2 Å². The number of ether oxygens (including phenoxy) is 1. The van der Waals surface area contributed by atoms with Crippen molar-refractivity contribution in [1.82, 2.24) is 0 Å². The van der Waals surface area contributed by atoms with Crippen LogP contribution >= 0.6 is 12.4 Å². The maximum absolute atomic E-state index is 11.3. The first-order chi connectivity index (χ1) is 8.15. The number of rotatable bonds is 6. The van der Waals surface area contributed by atoms with Gasteiger partial charge in [-0.25, -0.2) is 0 Å². The van der Waals surface area contributed by atoms with Crippen molar-refractivity contribution in [3.8, 4) is 5.75 Å². The highest BCUT2D eigenvalue weighted by molar-refractivity contribution is 5.90. The van der Waals surface area contributed by atoms with Crippen molar-refractivity contribution in [2.24, 2.45) is 5.73 Å². The second kappa shape index (κ2) is 8.78. The van der Waals surface area contributed by atoms with Crippen LogP contribution in [0.5, 0.6) is 5.75 Å². The minimum Gasteiger partial charge on any atom is -0.491 e. The Hall–Kier alpha value is -1.26. The molecule has 0 fully saturated rings. The number of amides is 1. The minimum atomic E-state index is -0.0666. The highest BCUT2D eigenvalue weighted by Crippen LogP contribution is 2.17. The van der Waals surface area contributed by atoms with E-state index in [0.29, 0.717) is 13.0 Å². The molecule has 1 unspecified atom stereocenters. The average molecular weight is 273 g/mol. The highest BCUT2D eigenvalue weighted by atomic mass is 35.5. The fourth-order valence-corrected chi connectivity index (χ4v) is 1.29. The molecule has 102 valence electrons. The van der Waals surface area contributed by atoms with Gasteiger partial charge in [-0.3, -0.25) is 4.79 Å². The number of anilines is 1. The van der Waals surface area contributed by atoms with Gasteiger partial charge in [0.1, 0.15) is 5.75 Å². The number of nitrogens with two attached hydrogens (primary N) is 1. The maximum Gasteiger partial charge on any atom is 0.225 e. The Bertz CT molecular complexity index is 355. The van der Waals surface area contributed by atoms with E-state index in [4.69, 9.17) is 10.5 Å². The van der Waals surface area contributed by atoms with Crippen LogP contribution in [-0.2, 0) is 4.79 Å². The number of carbonyl (C=O) groups is 1. The zero-order valence-electron chi connectivity index (χ0n) is 10.8. The van der Waals surface area contributed by atoms with Gasteiger partial charge in [0.05, 0.1) is 6.10 Å². The number of carbonyl (C=O) groups excluding carboxylic acids is 1. The molecule has 0 spiro atoms.